The molecular formula is C18H15N3O2. The molecule has 0 fully saturated rings. The van der Waals surface area contributed by atoms with Gasteiger partial charge >= 0.3 is 0 Å². The SMILES string of the molecule is CC1=C2C=CC=CC2N2C(=C1)N=NC2c1cccc2c1OCO2. The fraction of sp³-hybridized carbons (Fsp3) is 0.222. The molecule has 0 saturated heterocycles. The van der Waals surface area contributed by atoms with Crippen LogP contribution in [0.1, 0.15) is 18.7 Å². The van der Waals surface area contributed by atoms with Gasteiger partial charge in [-0.15, -0.1) is 5.11 Å². The molecule has 0 N–H and O–H groups in total. The summed E-state index contributed by atoms with van der Waals surface area (Å²) >= 11 is 0. The van der Waals surface area contributed by atoms with Crippen molar-refractivity contribution in [3.63, 3.8) is 0 Å². The highest BCUT2D eigenvalue weighted by molar-refractivity contribution is 5.52. The molecule has 2 atom stereocenters. The average molecular weight is 305 g/mol. The Morgan fingerprint density at radius 3 is 3.13 bits per heavy atom. The summed E-state index contributed by atoms with van der Waals surface area (Å²) in [4.78, 5) is 2.24. The second-order valence-electron chi connectivity index (χ2n) is 5.91. The standard InChI is InChI=1S/C18H15N3O2/c1-11-9-16-19-20-18(21(16)14-7-3-2-5-12(11)14)13-6-4-8-15-17(13)23-10-22-15/h2-9,14,18H,10H2,1H3. The largest absolute Gasteiger partial charge is 0.454 e. The number of para-hydroxylation sites is 1. The minimum atomic E-state index is -0.192. The van der Waals surface area contributed by atoms with Gasteiger partial charge in [-0.25, -0.2) is 0 Å². The van der Waals surface area contributed by atoms with E-state index in [1.54, 1.807) is 0 Å². The highest BCUT2D eigenvalue weighted by atomic mass is 16.7. The Labute approximate surface area is 133 Å². The van der Waals surface area contributed by atoms with Crippen LogP contribution in [0, 0.1) is 0 Å². The Bertz CT molecular complexity index is 848. The van der Waals surface area contributed by atoms with Crippen LogP contribution in [-0.4, -0.2) is 17.7 Å². The van der Waals surface area contributed by atoms with E-state index in [4.69, 9.17) is 9.47 Å². The maximum atomic E-state index is 5.66. The first-order valence-corrected chi connectivity index (χ1v) is 7.68. The van der Waals surface area contributed by atoms with Crippen molar-refractivity contribution in [2.45, 2.75) is 19.1 Å². The smallest absolute Gasteiger partial charge is 0.231 e. The van der Waals surface area contributed by atoms with Crippen molar-refractivity contribution in [3.05, 3.63) is 71.1 Å². The Hall–Kier alpha value is -2.82. The maximum Gasteiger partial charge on any atom is 0.231 e. The van der Waals surface area contributed by atoms with Crippen LogP contribution in [0.5, 0.6) is 11.5 Å². The zero-order chi connectivity index (χ0) is 15.4. The summed E-state index contributed by atoms with van der Waals surface area (Å²) in [7, 11) is 0. The van der Waals surface area contributed by atoms with Gasteiger partial charge in [0, 0.05) is 5.56 Å². The first kappa shape index (κ1) is 12.7. The minimum Gasteiger partial charge on any atom is -0.454 e. The minimum absolute atomic E-state index is 0.151. The second kappa shape index (κ2) is 4.59. The number of allylic oxidation sites excluding steroid dienone is 4. The van der Waals surface area contributed by atoms with Crippen LogP contribution in [-0.2, 0) is 0 Å². The van der Waals surface area contributed by atoms with E-state index in [1.165, 1.54) is 11.1 Å². The van der Waals surface area contributed by atoms with Gasteiger partial charge in [0.15, 0.2) is 23.5 Å². The summed E-state index contributed by atoms with van der Waals surface area (Å²) in [5.41, 5.74) is 3.52. The predicted molar refractivity (Wildman–Crippen MR) is 84.9 cm³/mol. The number of rotatable bonds is 1. The number of azo groups is 1. The van der Waals surface area contributed by atoms with Gasteiger partial charge in [-0.1, -0.05) is 36.4 Å². The number of fused-ring (bicyclic) bond motifs is 4. The van der Waals surface area contributed by atoms with E-state index in [9.17, 15) is 0 Å². The number of hydrogen-bond acceptors (Lipinski definition) is 5. The molecule has 0 spiro atoms. The van der Waals surface area contributed by atoms with Crippen molar-refractivity contribution in [2.75, 3.05) is 6.79 Å². The van der Waals surface area contributed by atoms with Crippen LogP contribution in [0.4, 0.5) is 0 Å². The molecule has 3 aliphatic heterocycles. The first-order chi connectivity index (χ1) is 11.3. The highest BCUT2D eigenvalue weighted by Gasteiger charge is 2.39. The van der Waals surface area contributed by atoms with Crippen LogP contribution < -0.4 is 9.47 Å². The second-order valence-corrected chi connectivity index (χ2v) is 5.91. The van der Waals surface area contributed by atoms with E-state index in [1.807, 2.05) is 18.2 Å². The molecule has 5 heteroatoms. The molecule has 0 aromatic heterocycles. The zero-order valence-electron chi connectivity index (χ0n) is 12.6. The molecule has 1 aromatic rings. The third kappa shape index (κ3) is 1.73. The molecule has 1 aliphatic carbocycles. The molecule has 5 rings (SSSR count). The number of benzene rings is 1. The summed E-state index contributed by atoms with van der Waals surface area (Å²) in [6, 6.07) is 6.08. The summed E-state index contributed by atoms with van der Waals surface area (Å²) in [6.45, 7) is 2.38. The lowest BCUT2D eigenvalue weighted by Crippen LogP contribution is -2.37. The fourth-order valence-electron chi connectivity index (χ4n) is 3.53. The van der Waals surface area contributed by atoms with Gasteiger partial charge in [0.25, 0.3) is 0 Å². The molecule has 0 amide bonds. The third-order valence-corrected chi connectivity index (χ3v) is 4.60. The van der Waals surface area contributed by atoms with Gasteiger partial charge in [0.1, 0.15) is 0 Å². The molecule has 4 aliphatic rings. The van der Waals surface area contributed by atoms with E-state index in [2.05, 4.69) is 52.4 Å². The summed E-state index contributed by atoms with van der Waals surface area (Å²) in [6.07, 6.45) is 10.4. The highest BCUT2D eigenvalue weighted by Crippen LogP contribution is 2.47. The lowest BCUT2D eigenvalue weighted by atomic mass is 9.91. The lowest BCUT2D eigenvalue weighted by Gasteiger charge is -2.36. The number of hydrogen-bond donors (Lipinski definition) is 0. The Morgan fingerprint density at radius 2 is 2.17 bits per heavy atom. The molecule has 23 heavy (non-hydrogen) atoms. The molecule has 0 radical (unpaired) electrons. The van der Waals surface area contributed by atoms with Crippen molar-refractivity contribution < 1.29 is 9.47 Å². The van der Waals surface area contributed by atoms with Crippen molar-refractivity contribution >= 4 is 0 Å². The number of ether oxygens (including phenoxy) is 2. The fourth-order valence-corrected chi connectivity index (χ4v) is 3.53. The van der Waals surface area contributed by atoms with Gasteiger partial charge in [-0.05, 0) is 30.2 Å². The molecule has 114 valence electrons. The van der Waals surface area contributed by atoms with Crippen molar-refractivity contribution in [3.8, 4) is 11.5 Å². The molecule has 0 saturated carbocycles. The maximum absolute atomic E-state index is 5.66. The summed E-state index contributed by atoms with van der Waals surface area (Å²) in [5, 5.41) is 8.92. The molecular weight excluding hydrogens is 290 g/mol. The van der Waals surface area contributed by atoms with E-state index in [-0.39, 0.29) is 19.0 Å². The predicted octanol–water partition coefficient (Wildman–Crippen LogP) is 3.85. The van der Waals surface area contributed by atoms with Crippen molar-refractivity contribution in [1.29, 1.82) is 0 Å². The Balaban J connectivity index is 1.62. The topological polar surface area (TPSA) is 46.4 Å². The molecule has 3 heterocycles. The zero-order valence-corrected chi connectivity index (χ0v) is 12.6. The quantitative estimate of drug-likeness (QED) is 0.791. The molecule has 0 bridgehead atoms. The summed E-state index contributed by atoms with van der Waals surface area (Å²) in [5.74, 6) is 2.46. The van der Waals surface area contributed by atoms with Gasteiger partial charge in [-0.2, -0.15) is 5.11 Å². The van der Waals surface area contributed by atoms with Crippen LogP contribution in [0.15, 0.2) is 75.8 Å². The van der Waals surface area contributed by atoms with Gasteiger partial charge in [0.05, 0.1) is 6.04 Å². The van der Waals surface area contributed by atoms with E-state index in [0.717, 1.165) is 22.9 Å². The van der Waals surface area contributed by atoms with Crippen molar-refractivity contribution in [1.82, 2.24) is 4.90 Å². The molecule has 1 aromatic carbocycles. The third-order valence-electron chi connectivity index (χ3n) is 4.60. The lowest BCUT2D eigenvalue weighted by molar-refractivity contribution is 0.171. The van der Waals surface area contributed by atoms with Crippen molar-refractivity contribution in [2.24, 2.45) is 10.2 Å². The van der Waals surface area contributed by atoms with E-state index >= 15 is 0 Å². The summed E-state index contributed by atoms with van der Waals surface area (Å²) < 4.78 is 11.2. The number of nitrogens with zero attached hydrogens (tertiary/aromatic N) is 3. The van der Waals surface area contributed by atoms with Crippen LogP contribution in [0.3, 0.4) is 0 Å². The van der Waals surface area contributed by atoms with Gasteiger partial charge < -0.3 is 14.4 Å². The molecule has 5 nitrogen and oxygen atoms in total. The Morgan fingerprint density at radius 1 is 1.22 bits per heavy atom. The van der Waals surface area contributed by atoms with Gasteiger partial charge in [-0.3, -0.25) is 0 Å². The van der Waals surface area contributed by atoms with Crippen LogP contribution in [0.2, 0.25) is 0 Å². The van der Waals surface area contributed by atoms with E-state index in [0.29, 0.717) is 0 Å². The normalized spacial score (nSPS) is 26.5. The monoisotopic (exact) mass is 305 g/mol. The first-order valence-electron chi connectivity index (χ1n) is 7.68. The van der Waals surface area contributed by atoms with Crippen LogP contribution >= 0.6 is 0 Å². The van der Waals surface area contributed by atoms with Crippen LogP contribution in [0.25, 0.3) is 0 Å². The van der Waals surface area contributed by atoms with Gasteiger partial charge in [0.2, 0.25) is 6.79 Å². The molecule has 2 unspecified atom stereocenters. The Kier molecular flexibility index (Phi) is 2.53. The van der Waals surface area contributed by atoms with E-state index < -0.39 is 0 Å². The average Bonchev–Trinajstić information content (AvgIpc) is 3.21.